The second-order valence-corrected chi connectivity index (χ2v) is 12.2. The van der Waals surface area contributed by atoms with Gasteiger partial charge in [-0.1, -0.05) is 23.5 Å². The number of ketones is 2. The van der Waals surface area contributed by atoms with Crippen LogP contribution in [0.4, 0.5) is 0 Å². The number of sulfonamides is 1. The molecule has 2 aliphatic heterocycles. The maximum Gasteiger partial charge on any atom is 0.303 e. The fourth-order valence-corrected chi connectivity index (χ4v) is 6.58. The molecule has 1 aliphatic carbocycles. The number of nitrogens with one attached hydrogen (secondary N) is 1. The number of hydrazine groups is 1. The van der Waals surface area contributed by atoms with Crippen LogP contribution in [0.2, 0.25) is 0 Å². The Morgan fingerprint density at radius 1 is 1.03 bits per heavy atom. The van der Waals surface area contributed by atoms with Crippen LogP contribution >= 0.6 is 23.5 Å². The summed E-state index contributed by atoms with van der Waals surface area (Å²) in [6.45, 7) is 1.70. The fourth-order valence-electron chi connectivity index (χ4n) is 3.50. The fraction of sp³-hybridized carbons (Fsp3) is 0.476. The van der Waals surface area contributed by atoms with E-state index in [1.165, 1.54) is 23.0 Å². The van der Waals surface area contributed by atoms with E-state index in [1.54, 1.807) is 0 Å². The topological polar surface area (TPSA) is 167 Å². The number of thioether (sulfide) groups is 2. The first-order valence-electron chi connectivity index (χ1n) is 10.9. The molecule has 196 valence electrons. The highest BCUT2D eigenvalue weighted by Gasteiger charge is 2.45. The minimum absolute atomic E-state index is 0.00776. The Labute approximate surface area is 216 Å². The van der Waals surface area contributed by atoms with E-state index in [1.807, 2.05) is 0 Å². The molecule has 1 saturated heterocycles. The normalized spacial score (nSPS) is 20.6. The van der Waals surface area contributed by atoms with E-state index in [0.717, 1.165) is 29.8 Å². The van der Waals surface area contributed by atoms with E-state index >= 15 is 0 Å². The molecule has 0 bridgehead atoms. The number of nitrogens with zero attached hydrogens (tertiary/aromatic N) is 2. The van der Waals surface area contributed by atoms with Crippen molar-refractivity contribution < 1.29 is 42.2 Å². The number of carboxylic acid groups (broad SMARTS) is 1. The predicted molar refractivity (Wildman–Crippen MR) is 132 cm³/mol. The standard InChI is InChI=1S/C21H25N3O9S3/c1-12-11-13(25)17-18(16(12)28)35-21(34-17)15-19(29)23(7-4-3-5-14(26)27)24(20(15)30)8-10-33-9-6-22-36(2,31)32/h11,22H,3-10H2,1-2H3,(H,26,27)/b21-15-. The summed E-state index contributed by atoms with van der Waals surface area (Å²) in [5.74, 6) is -2.87. The molecule has 0 aromatic carbocycles. The lowest BCUT2D eigenvalue weighted by molar-refractivity contribution is -0.148. The molecule has 2 heterocycles. The van der Waals surface area contributed by atoms with Crippen molar-refractivity contribution in [3.05, 3.63) is 31.3 Å². The van der Waals surface area contributed by atoms with Gasteiger partial charge in [0, 0.05) is 25.1 Å². The second kappa shape index (κ2) is 11.7. The summed E-state index contributed by atoms with van der Waals surface area (Å²) in [4.78, 5) is 62.6. The van der Waals surface area contributed by atoms with Gasteiger partial charge in [0.25, 0.3) is 11.8 Å². The van der Waals surface area contributed by atoms with Crippen LogP contribution in [-0.4, -0.2) is 92.0 Å². The Balaban J connectivity index is 1.73. The molecule has 0 unspecified atom stereocenters. The van der Waals surface area contributed by atoms with E-state index in [0.29, 0.717) is 12.8 Å². The number of hydrogen-bond acceptors (Lipinski definition) is 10. The molecule has 15 heteroatoms. The van der Waals surface area contributed by atoms with Crippen molar-refractivity contribution in [3.63, 3.8) is 0 Å². The van der Waals surface area contributed by atoms with Crippen LogP contribution < -0.4 is 4.72 Å². The molecular weight excluding hydrogens is 534 g/mol. The zero-order valence-corrected chi connectivity index (χ0v) is 22.0. The summed E-state index contributed by atoms with van der Waals surface area (Å²) in [7, 11) is -3.36. The smallest absolute Gasteiger partial charge is 0.303 e. The van der Waals surface area contributed by atoms with E-state index in [-0.39, 0.29) is 76.0 Å². The molecule has 2 N–H and O–H groups in total. The highest BCUT2D eigenvalue weighted by Crippen LogP contribution is 2.54. The number of carbonyl (C=O) groups is 5. The van der Waals surface area contributed by atoms with Crippen LogP contribution in [0.1, 0.15) is 26.2 Å². The number of amides is 2. The van der Waals surface area contributed by atoms with Crippen LogP contribution in [0.15, 0.2) is 31.3 Å². The Bertz CT molecular complexity index is 1200. The molecule has 0 spiro atoms. The molecule has 3 rings (SSSR count). The van der Waals surface area contributed by atoms with E-state index in [4.69, 9.17) is 9.84 Å². The monoisotopic (exact) mass is 559 g/mol. The van der Waals surface area contributed by atoms with Crippen molar-refractivity contribution >= 4 is 62.9 Å². The number of Topliss-reactive ketones (excluding diaryl/α,β-unsaturated/α-hetero) is 1. The van der Waals surface area contributed by atoms with Crippen molar-refractivity contribution in [2.75, 3.05) is 39.1 Å². The molecule has 12 nitrogen and oxygen atoms in total. The van der Waals surface area contributed by atoms with Crippen molar-refractivity contribution in [2.45, 2.75) is 26.2 Å². The van der Waals surface area contributed by atoms with Crippen LogP contribution in [0.25, 0.3) is 0 Å². The summed E-state index contributed by atoms with van der Waals surface area (Å²) in [5.41, 5.74) is 0.126. The molecule has 0 aromatic rings. The van der Waals surface area contributed by atoms with Gasteiger partial charge < -0.3 is 9.84 Å². The third kappa shape index (κ3) is 6.64. The van der Waals surface area contributed by atoms with Gasteiger partial charge in [0.05, 0.1) is 40.1 Å². The van der Waals surface area contributed by atoms with Gasteiger partial charge >= 0.3 is 5.97 Å². The van der Waals surface area contributed by atoms with Crippen molar-refractivity contribution in [3.8, 4) is 0 Å². The highest BCUT2D eigenvalue weighted by molar-refractivity contribution is 8.29. The molecule has 36 heavy (non-hydrogen) atoms. The molecule has 0 atom stereocenters. The third-order valence-electron chi connectivity index (χ3n) is 5.19. The number of carbonyl (C=O) groups excluding carboxylic acids is 4. The van der Waals surface area contributed by atoms with Gasteiger partial charge in [-0.3, -0.25) is 24.0 Å². The van der Waals surface area contributed by atoms with Crippen LogP contribution in [0.3, 0.4) is 0 Å². The van der Waals surface area contributed by atoms with Crippen LogP contribution in [-0.2, 0) is 38.7 Å². The van der Waals surface area contributed by atoms with Gasteiger partial charge in [0.15, 0.2) is 11.6 Å². The Hall–Kier alpha value is -2.46. The summed E-state index contributed by atoms with van der Waals surface area (Å²) >= 11 is 1.86. The zero-order chi connectivity index (χ0) is 26.6. The van der Waals surface area contributed by atoms with Gasteiger partial charge in [0.1, 0.15) is 5.57 Å². The summed E-state index contributed by atoms with van der Waals surface area (Å²) in [6.07, 6.45) is 2.80. The van der Waals surface area contributed by atoms with Gasteiger partial charge in [-0.15, -0.1) is 0 Å². The molecule has 1 fully saturated rings. The summed E-state index contributed by atoms with van der Waals surface area (Å²) in [5, 5.41) is 11.3. The molecule has 2 amide bonds. The Morgan fingerprint density at radius 2 is 1.67 bits per heavy atom. The Morgan fingerprint density at radius 3 is 2.31 bits per heavy atom. The van der Waals surface area contributed by atoms with E-state index < -0.39 is 27.8 Å². The molecular formula is C21H25N3O9S3. The summed E-state index contributed by atoms with van der Waals surface area (Å²) in [6, 6.07) is 0. The SMILES string of the molecule is CC1=CC(=O)C2=C(S/C(=C3/C(=O)N(CCCCC(=O)O)N(CCOCCNS(C)(=O)=O)C3=O)S2)C1=O. The predicted octanol–water partition coefficient (Wildman–Crippen LogP) is 0.394. The van der Waals surface area contributed by atoms with Crippen molar-refractivity contribution in [1.29, 1.82) is 0 Å². The van der Waals surface area contributed by atoms with E-state index in [2.05, 4.69) is 4.72 Å². The number of hydrogen-bond donors (Lipinski definition) is 2. The first kappa shape index (κ1) is 28.1. The number of unbranched alkanes of at least 4 members (excludes halogenated alkanes) is 1. The Kier molecular flexibility index (Phi) is 9.16. The number of ether oxygens (including phenoxy) is 1. The number of allylic oxidation sites excluding steroid dienone is 4. The minimum atomic E-state index is -3.36. The molecule has 0 saturated carbocycles. The maximum atomic E-state index is 13.3. The van der Waals surface area contributed by atoms with Crippen LogP contribution in [0.5, 0.6) is 0 Å². The first-order valence-corrected chi connectivity index (χ1v) is 14.4. The quantitative estimate of drug-likeness (QED) is 0.147. The van der Waals surface area contributed by atoms with Crippen molar-refractivity contribution in [2.24, 2.45) is 0 Å². The van der Waals surface area contributed by atoms with Gasteiger partial charge in [0.2, 0.25) is 10.0 Å². The summed E-state index contributed by atoms with van der Waals surface area (Å²) < 4.78 is 30.1. The molecule has 0 aromatic heterocycles. The highest BCUT2D eigenvalue weighted by atomic mass is 32.2. The lowest BCUT2D eigenvalue weighted by atomic mass is 10.1. The van der Waals surface area contributed by atoms with Crippen molar-refractivity contribution in [1.82, 2.24) is 14.7 Å². The van der Waals surface area contributed by atoms with Gasteiger partial charge in [-0.25, -0.2) is 23.2 Å². The largest absolute Gasteiger partial charge is 0.481 e. The third-order valence-corrected chi connectivity index (χ3v) is 8.53. The zero-order valence-electron chi connectivity index (χ0n) is 19.6. The average molecular weight is 560 g/mol. The lowest BCUT2D eigenvalue weighted by Crippen LogP contribution is -2.43. The number of rotatable bonds is 12. The van der Waals surface area contributed by atoms with Gasteiger partial charge in [-0.2, -0.15) is 0 Å². The lowest BCUT2D eigenvalue weighted by Gasteiger charge is -2.27. The minimum Gasteiger partial charge on any atom is -0.481 e. The second-order valence-electron chi connectivity index (χ2n) is 8.03. The van der Waals surface area contributed by atoms with E-state index in [9.17, 15) is 32.4 Å². The number of carboxylic acids is 1. The van der Waals surface area contributed by atoms with Gasteiger partial charge in [-0.05, 0) is 25.8 Å². The van der Waals surface area contributed by atoms with Crippen LogP contribution in [0, 0.1) is 0 Å². The molecule has 3 aliphatic rings. The average Bonchev–Trinajstić information content (AvgIpc) is 3.31. The number of aliphatic carboxylic acids is 1. The maximum absolute atomic E-state index is 13.3. The first-order chi connectivity index (χ1) is 16.9. The molecule has 0 radical (unpaired) electrons.